The Labute approximate surface area is 205 Å². The van der Waals surface area contributed by atoms with Crippen LogP contribution in [0.2, 0.25) is 0 Å². The predicted molar refractivity (Wildman–Crippen MR) is 123 cm³/mol. The average Bonchev–Trinajstić information content (AvgIpc) is 3.12. The van der Waals surface area contributed by atoms with Gasteiger partial charge in [0, 0.05) is 25.1 Å². The fourth-order valence-electron chi connectivity index (χ4n) is 3.99. The first kappa shape index (κ1) is 27.2. The molecule has 1 atom stereocenters. The first-order valence-electron chi connectivity index (χ1n) is 11.5. The number of hydrogen-bond donors (Lipinski definition) is 3. The Morgan fingerprint density at radius 2 is 1.89 bits per heavy atom. The number of nitrogens with one attached hydrogen (secondary N) is 2. The van der Waals surface area contributed by atoms with Gasteiger partial charge in [0.05, 0.1) is 12.1 Å². The van der Waals surface area contributed by atoms with Gasteiger partial charge in [-0.1, -0.05) is 20.8 Å². The molecule has 198 valence electrons. The van der Waals surface area contributed by atoms with E-state index in [0.717, 1.165) is 25.0 Å². The zero-order valence-corrected chi connectivity index (χ0v) is 20.3. The van der Waals surface area contributed by atoms with E-state index in [1.165, 1.54) is 6.07 Å². The van der Waals surface area contributed by atoms with Gasteiger partial charge in [0.1, 0.15) is 11.8 Å². The van der Waals surface area contributed by atoms with Gasteiger partial charge in [-0.25, -0.2) is 0 Å². The number of alkyl halides is 3. The van der Waals surface area contributed by atoms with E-state index in [9.17, 15) is 27.6 Å². The van der Waals surface area contributed by atoms with Crippen LogP contribution in [0.5, 0.6) is 5.75 Å². The highest BCUT2D eigenvalue weighted by atomic mass is 19.4. The number of hydrogen-bond acceptors (Lipinski definition) is 6. The third kappa shape index (κ3) is 7.09. The summed E-state index contributed by atoms with van der Waals surface area (Å²) in [7, 11) is 0. The summed E-state index contributed by atoms with van der Waals surface area (Å²) < 4.78 is 49.5. The zero-order chi connectivity index (χ0) is 26.7. The topological polar surface area (TPSA) is 138 Å². The maximum Gasteiger partial charge on any atom is 0.573 e. The van der Waals surface area contributed by atoms with Crippen molar-refractivity contribution in [3.63, 3.8) is 0 Å². The Bertz CT molecular complexity index is 1120. The second-order valence-electron chi connectivity index (χ2n) is 9.77. The van der Waals surface area contributed by atoms with Gasteiger partial charge in [-0.05, 0) is 42.4 Å². The summed E-state index contributed by atoms with van der Waals surface area (Å²) in [6.07, 6.45) is -3.35. The van der Waals surface area contributed by atoms with Crippen LogP contribution in [0.3, 0.4) is 0 Å². The summed E-state index contributed by atoms with van der Waals surface area (Å²) >= 11 is 0. The van der Waals surface area contributed by atoms with Crippen molar-refractivity contribution in [2.45, 2.75) is 52.6 Å². The summed E-state index contributed by atoms with van der Waals surface area (Å²) in [5.41, 5.74) is 4.61. The third-order valence-electron chi connectivity index (χ3n) is 5.78. The highest BCUT2D eigenvalue weighted by molar-refractivity contribution is 6.06. The van der Waals surface area contributed by atoms with Crippen molar-refractivity contribution in [2.75, 3.05) is 19.8 Å². The SMILES string of the molecule is CC(C)(C)[C@H](NC(=O)c1nn(CC2CCOCC2)c2ccc(OC(F)(F)F)cc12)C(=O)NCC(N)=O. The number of rotatable bonds is 8. The molecule has 2 aromatic rings. The number of primary amides is 1. The number of aromatic nitrogens is 2. The maximum absolute atomic E-state index is 13.3. The smallest absolute Gasteiger partial charge is 0.406 e. The lowest BCUT2D eigenvalue weighted by atomic mass is 9.86. The maximum atomic E-state index is 13.3. The molecular formula is C23H30F3N5O5. The van der Waals surface area contributed by atoms with Crippen LogP contribution < -0.4 is 21.1 Å². The fourth-order valence-corrected chi connectivity index (χ4v) is 3.99. The Kier molecular flexibility index (Phi) is 8.12. The number of carbonyl (C=O) groups is 3. The first-order chi connectivity index (χ1) is 16.7. The summed E-state index contributed by atoms with van der Waals surface area (Å²) in [5, 5.41) is 9.53. The lowest BCUT2D eigenvalue weighted by Crippen LogP contribution is -2.54. The van der Waals surface area contributed by atoms with E-state index in [1.807, 2.05) is 0 Å². The second-order valence-corrected chi connectivity index (χ2v) is 9.77. The number of nitrogens with zero attached hydrogens (tertiary/aromatic N) is 2. The number of nitrogens with two attached hydrogens (primary N) is 1. The Morgan fingerprint density at radius 3 is 2.47 bits per heavy atom. The summed E-state index contributed by atoms with van der Waals surface area (Å²) in [5.74, 6) is -2.44. The molecule has 1 saturated heterocycles. The van der Waals surface area contributed by atoms with E-state index in [4.69, 9.17) is 10.5 Å². The van der Waals surface area contributed by atoms with Crippen LogP contribution in [0.15, 0.2) is 18.2 Å². The van der Waals surface area contributed by atoms with Gasteiger partial charge in [-0.2, -0.15) is 5.10 Å². The molecule has 1 aliphatic rings. The largest absolute Gasteiger partial charge is 0.573 e. The number of benzene rings is 1. The molecule has 0 saturated carbocycles. The van der Waals surface area contributed by atoms with E-state index in [-0.39, 0.29) is 17.0 Å². The molecule has 10 nitrogen and oxygen atoms in total. The third-order valence-corrected chi connectivity index (χ3v) is 5.78. The molecule has 1 fully saturated rings. The highest BCUT2D eigenvalue weighted by Gasteiger charge is 2.35. The predicted octanol–water partition coefficient (Wildman–Crippen LogP) is 2.11. The standard InChI is InChI=1S/C23H30F3N5O5/c1-22(2,3)19(21(34)28-11-17(27)32)29-20(33)18-15-10-14(36-23(24,25)26)4-5-16(15)31(30-18)12-13-6-8-35-9-7-13/h4-5,10,13,19H,6-9,11-12H2,1-3H3,(H2,27,32)(H,28,34)(H,29,33)/t19-/m1/s1. The number of fused-ring (bicyclic) bond motifs is 1. The molecule has 2 heterocycles. The quantitative estimate of drug-likeness (QED) is 0.494. The van der Waals surface area contributed by atoms with Gasteiger partial charge >= 0.3 is 6.36 Å². The van der Waals surface area contributed by atoms with Gasteiger partial charge in [0.2, 0.25) is 11.8 Å². The minimum Gasteiger partial charge on any atom is -0.406 e. The Balaban J connectivity index is 1.97. The minimum absolute atomic E-state index is 0.145. The van der Waals surface area contributed by atoms with Crippen molar-refractivity contribution >= 4 is 28.6 Å². The van der Waals surface area contributed by atoms with E-state index in [2.05, 4.69) is 20.5 Å². The van der Waals surface area contributed by atoms with Crippen LogP contribution >= 0.6 is 0 Å². The summed E-state index contributed by atoms with van der Waals surface area (Å²) in [6, 6.07) is 2.59. The van der Waals surface area contributed by atoms with E-state index >= 15 is 0 Å². The summed E-state index contributed by atoms with van der Waals surface area (Å²) in [4.78, 5) is 37.1. The number of carbonyl (C=O) groups excluding carboxylic acids is 3. The van der Waals surface area contributed by atoms with Gasteiger partial charge in [-0.3, -0.25) is 19.1 Å². The van der Waals surface area contributed by atoms with Crippen molar-refractivity contribution in [3.8, 4) is 5.75 Å². The molecule has 0 bridgehead atoms. The molecule has 0 spiro atoms. The molecule has 1 aromatic carbocycles. The van der Waals surface area contributed by atoms with Crippen LogP contribution in [0.4, 0.5) is 13.2 Å². The van der Waals surface area contributed by atoms with E-state index in [1.54, 1.807) is 25.5 Å². The average molecular weight is 514 g/mol. The summed E-state index contributed by atoms with van der Waals surface area (Å²) in [6.45, 7) is 6.33. The lowest BCUT2D eigenvalue weighted by Gasteiger charge is -2.30. The molecule has 3 amide bonds. The van der Waals surface area contributed by atoms with Gasteiger partial charge in [-0.15, -0.1) is 13.2 Å². The van der Waals surface area contributed by atoms with Crippen molar-refractivity contribution in [2.24, 2.45) is 17.1 Å². The number of halogens is 3. The zero-order valence-electron chi connectivity index (χ0n) is 20.3. The van der Waals surface area contributed by atoms with Crippen LogP contribution in [0, 0.1) is 11.3 Å². The molecule has 13 heteroatoms. The van der Waals surface area contributed by atoms with Gasteiger partial charge in [0.25, 0.3) is 5.91 Å². The van der Waals surface area contributed by atoms with Crippen molar-refractivity contribution in [3.05, 3.63) is 23.9 Å². The molecule has 36 heavy (non-hydrogen) atoms. The van der Waals surface area contributed by atoms with Crippen molar-refractivity contribution in [1.29, 1.82) is 0 Å². The number of ether oxygens (including phenoxy) is 2. The molecular weight excluding hydrogens is 483 g/mol. The number of amides is 3. The van der Waals surface area contributed by atoms with E-state index in [0.29, 0.717) is 25.3 Å². The van der Waals surface area contributed by atoms with Crippen LogP contribution in [0.25, 0.3) is 10.9 Å². The molecule has 4 N–H and O–H groups in total. The normalized spacial score (nSPS) is 15.9. The molecule has 0 radical (unpaired) electrons. The van der Waals surface area contributed by atoms with E-state index < -0.39 is 47.8 Å². The van der Waals surface area contributed by atoms with Crippen LogP contribution in [0.1, 0.15) is 44.1 Å². The van der Waals surface area contributed by atoms with Crippen molar-refractivity contribution in [1.82, 2.24) is 20.4 Å². The fraction of sp³-hybridized carbons (Fsp3) is 0.565. The molecule has 0 unspecified atom stereocenters. The van der Waals surface area contributed by atoms with Gasteiger partial charge < -0.3 is 25.8 Å². The van der Waals surface area contributed by atoms with Crippen LogP contribution in [-0.2, 0) is 20.9 Å². The molecule has 3 rings (SSSR count). The highest BCUT2D eigenvalue weighted by Crippen LogP contribution is 2.30. The van der Waals surface area contributed by atoms with Crippen molar-refractivity contribution < 1.29 is 37.0 Å². The van der Waals surface area contributed by atoms with Crippen LogP contribution in [-0.4, -0.2) is 59.7 Å². The van der Waals surface area contributed by atoms with Gasteiger partial charge in [0.15, 0.2) is 5.69 Å². The lowest BCUT2D eigenvalue weighted by molar-refractivity contribution is -0.274. The molecule has 1 aliphatic heterocycles. The Morgan fingerprint density at radius 1 is 1.22 bits per heavy atom. The Hall–Kier alpha value is -3.35. The second kappa shape index (κ2) is 10.7. The minimum atomic E-state index is -4.91. The molecule has 1 aromatic heterocycles. The first-order valence-corrected chi connectivity index (χ1v) is 11.5. The monoisotopic (exact) mass is 513 g/mol. The molecule has 0 aliphatic carbocycles.